The molecule has 1 amide bonds. The van der Waals surface area contributed by atoms with Crippen LogP contribution in [0, 0.1) is 0 Å². The van der Waals surface area contributed by atoms with Gasteiger partial charge in [-0.05, 0) is 26.8 Å². The van der Waals surface area contributed by atoms with Crippen LogP contribution in [0.2, 0.25) is 0 Å². The summed E-state index contributed by atoms with van der Waals surface area (Å²) in [5.41, 5.74) is -0.725. The van der Waals surface area contributed by atoms with E-state index in [2.05, 4.69) is 15.2 Å². The molecule has 0 aliphatic rings. The molecule has 0 aliphatic heterocycles. The number of carbonyl (C=O) groups is 2. The van der Waals surface area contributed by atoms with E-state index in [1.54, 1.807) is 39.2 Å². The van der Waals surface area contributed by atoms with Crippen molar-refractivity contribution in [3.63, 3.8) is 0 Å². The summed E-state index contributed by atoms with van der Waals surface area (Å²) in [7, 11) is 1.22. The van der Waals surface area contributed by atoms with Gasteiger partial charge < -0.3 is 9.47 Å². The van der Waals surface area contributed by atoms with Crippen LogP contribution in [0.25, 0.3) is 6.20 Å². The summed E-state index contributed by atoms with van der Waals surface area (Å²) in [4.78, 5) is 23.1. The van der Waals surface area contributed by atoms with Crippen LogP contribution >= 0.6 is 0 Å². The predicted molar refractivity (Wildman–Crippen MR) is 67.9 cm³/mol. The number of alkyl carbamates (subject to hydrolysis) is 1. The van der Waals surface area contributed by atoms with Crippen LogP contribution in [0.15, 0.2) is 24.2 Å². The van der Waals surface area contributed by atoms with Gasteiger partial charge in [-0.1, -0.05) is 0 Å². The van der Waals surface area contributed by atoms with Crippen molar-refractivity contribution in [2.24, 2.45) is 0 Å². The highest BCUT2D eigenvalue weighted by molar-refractivity contribution is 5.95. The molecule has 0 saturated carbocycles. The molecule has 1 aromatic rings. The van der Waals surface area contributed by atoms with E-state index in [4.69, 9.17) is 4.74 Å². The molecule has 7 heteroatoms. The minimum atomic E-state index is -0.740. The minimum absolute atomic E-state index is 0.0690. The zero-order valence-corrected chi connectivity index (χ0v) is 11.3. The number of hydrogen-bond donors (Lipinski definition) is 1. The number of carbonyl (C=O) groups excluding carboxylic acids is 2. The van der Waals surface area contributed by atoms with Crippen LogP contribution in [-0.4, -0.2) is 34.6 Å². The lowest BCUT2D eigenvalue weighted by Gasteiger charge is -2.19. The van der Waals surface area contributed by atoms with Crippen LogP contribution in [0.5, 0.6) is 0 Å². The molecule has 0 atom stereocenters. The molecular formula is C12H17N3O4. The fourth-order valence-corrected chi connectivity index (χ4v) is 1.15. The maximum Gasteiger partial charge on any atom is 0.412 e. The number of amides is 1. The van der Waals surface area contributed by atoms with Crippen LogP contribution in [-0.2, 0) is 14.3 Å². The Kier molecular flexibility index (Phi) is 4.68. The van der Waals surface area contributed by atoms with Gasteiger partial charge in [-0.2, -0.15) is 5.10 Å². The first kappa shape index (κ1) is 14.7. The summed E-state index contributed by atoms with van der Waals surface area (Å²) < 4.78 is 11.0. The monoisotopic (exact) mass is 267 g/mol. The van der Waals surface area contributed by atoms with Crippen molar-refractivity contribution in [2.75, 3.05) is 7.11 Å². The maximum absolute atomic E-state index is 11.6. The van der Waals surface area contributed by atoms with E-state index in [9.17, 15) is 9.59 Å². The van der Waals surface area contributed by atoms with Gasteiger partial charge in [0.15, 0.2) is 0 Å². The van der Waals surface area contributed by atoms with E-state index in [-0.39, 0.29) is 5.70 Å². The number of methoxy groups -OCH3 is 1. The molecule has 19 heavy (non-hydrogen) atoms. The molecule has 0 unspecified atom stereocenters. The lowest BCUT2D eigenvalue weighted by Crippen LogP contribution is -2.34. The van der Waals surface area contributed by atoms with Crippen LogP contribution in [0.1, 0.15) is 20.8 Å². The summed E-state index contributed by atoms with van der Waals surface area (Å²) in [5.74, 6) is -0.693. The Bertz CT molecular complexity index is 472. The number of nitrogens with one attached hydrogen (secondary N) is 1. The molecular weight excluding hydrogens is 250 g/mol. The maximum atomic E-state index is 11.6. The normalized spacial score (nSPS) is 11.9. The second-order valence-corrected chi connectivity index (χ2v) is 4.65. The quantitative estimate of drug-likeness (QED) is 0.660. The largest absolute Gasteiger partial charge is 0.464 e. The van der Waals surface area contributed by atoms with Crippen molar-refractivity contribution in [1.29, 1.82) is 0 Å². The Labute approximate surface area is 111 Å². The second kappa shape index (κ2) is 6.03. The van der Waals surface area contributed by atoms with Gasteiger partial charge >= 0.3 is 12.1 Å². The lowest BCUT2D eigenvalue weighted by molar-refractivity contribution is -0.136. The fourth-order valence-electron chi connectivity index (χ4n) is 1.15. The number of ether oxygens (including phenoxy) is 2. The lowest BCUT2D eigenvalue weighted by atomic mass is 10.2. The predicted octanol–water partition coefficient (Wildman–Crippen LogP) is 1.38. The van der Waals surface area contributed by atoms with E-state index in [1.165, 1.54) is 18.0 Å². The van der Waals surface area contributed by atoms with E-state index in [1.807, 2.05) is 0 Å². The van der Waals surface area contributed by atoms with E-state index in [0.29, 0.717) is 0 Å². The van der Waals surface area contributed by atoms with Gasteiger partial charge in [0.05, 0.1) is 13.3 Å². The standard InChI is InChI=1S/C12H17N3O4/c1-12(2,3)19-11(17)14-9(10(16)18-4)8-15-7-5-6-13-15/h5-8H,1-4H3,(H,14,17)/b9-8+. The molecule has 1 heterocycles. The molecule has 1 N–H and O–H groups in total. The molecule has 0 aromatic carbocycles. The summed E-state index contributed by atoms with van der Waals surface area (Å²) in [6.07, 6.45) is 3.74. The average molecular weight is 267 g/mol. The summed E-state index contributed by atoms with van der Waals surface area (Å²) in [6.45, 7) is 5.17. The fraction of sp³-hybridized carbons (Fsp3) is 0.417. The molecule has 104 valence electrons. The molecule has 7 nitrogen and oxygen atoms in total. The van der Waals surface area contributed by atoms with Gasteiger partial charge in [-0.25, -0.2) is 14.3 Å². The zero-order chi connectivity index (χ0) is 14.5. The molecule has 0 aliphatic carbocycles. The molecule has 0 radical (unpaired) electrons. The van der Waals surface area contributed by atoms with Gasteiger partial charge in [0.1, 0.15) is 11.3 Å². The summed E-state index contributed by atoms with van der Waals surface area (Å²) >= 11 is 0. The Morgan fingerprint density at radius 2 is 2.05 bits per heavy atom. The topological polar surface area (TPSA) is 82.5 Å². The number of nitrogens with zero attached hydrogens (tertiary/aromatic N) is 2. The highest BCUT2D eigenvalue weighted by atomic mass is 16.6. The molecule has 1 aromatic heterocycles. The van der Waals surface area contributed by atoms with E-state index in [0.717, 1.165) is 0 Å². The third kappa shape index (κ3) is 5.24. The third-order valence-corrected chi connectivity index (χ3v) is 1.83. The molecule has 0 fully saturated rings. The van der Waals surface area contributed by atoms with Crippen molar-refractivity contribution in [3.8, 4) is 0 Å². The van der Waals surface area contributed by atoms with Gasteiger partial charge in [0.2, 0.25) is 0 Å². The molecule has 0 saturated heterocycles. The SMILES string of the molecule is COC(=O)/C(=C\n1cccn1)NC(=O)OC(C)(C)C. The second-order valence-electron chi connectivity index (χ2n) is 4.65. The summed E-state index contributed by atoms with van der Waals surface area (Å²) in [5, 5.41) is 6.22. The minimum Gasteiger partial charge on any atom is -0.464 e. The van der Waals surface area contributed by atoms with Crippen molar-refractivity contribution in [1.82, 2.24) is 15.1 Å². The highest BCUT2D eigenvalue weighted by Gasteiger charge is 2.20. The molecule has 0 spiro atoms. The van der Waals surface area contributed by atoms with Crippen molar-refractivity contribution < 1.29 is 19.1 Å². The number of hydrogen-bond acceptors (Lipinski definition) is 5. The van der Waals surface area contributed by atoms with E-state index >= 15 is 0 Å². The van der Waals surface area contributed by atoms with Crippen molar-refractivity contribution in [2.45, 2.75) is 26.4 Å². The van der Waals surface area contributed by atoms with Crippen LogP contribution < -0.4 is 5.32 Å². The Morgan fingerprint density at radius 1 is 1.37 bits per heavy atom. The molecule has 1 rings (SSSR count). The Morgan fingerprint density at radius 3 is 2.53 bits per heavy atom. The zero-order valence-electron chi connectivity index (χ0n) is 11.3. The number of rotatable bonds is 3. The third-order valence-electron chi connectivity index (χ3n) is 1.83. The molecule has 0 bridgehead atoms. The highest BCUT2D eigenvalue weighted by Crippen LogP contribution is 2.07. The Hall–Kier alpha value is -2.31. The smallest absolute Gasteiger partial charge is 0.412 e. The first-order chi connectivity index (χ1) is 8.81. The Balaban J connectivity index is 2.82. The summed E-state index contributed by atoms with van der Waals surface area (Å²) in [6, 6.07) is 1.68. The van der Waals surface area contributed by atoms with Gasteiger partial charge in [-0.3, -0.25) is 5.32 Å². The van der Waals surface area contributed by atoms with Gasteiger partial charge in [0.25, 0.3) is 0 Å². The van der Waals surface area contributed by atoms with Gasteiger partial charge in [0, 0.05) is 12.4 Å². The van der Waals surface area contributed by atoms with Crippen LogP contribution in [0.4, 0.5) is 4.79 Å². The number of esters is 1. The van der Waals surface area contributed by atoms with E-state index < -0.39 is 17.7 Å². The number of aromatic nitrogens is 2. The van der Waals surface area contributed by atoms with Crippen molar-refractivity contribution >= 4 is 18.3 Å². The first-order valence-electron chi connectivity index (χ1n) is 5.61. The average Bonchev–Trinajstić information content (AvgIpc) is 2.77. The van der Waals surface area contributed by atoms with Crippen LogP contribution in [0.3, 0.4) is 0 Å². The van der Waals surface area contributed by atoms with Gasteiger partial charge in [-0.15, -0.1) is 0 Å². The van der Waals surface area contributed by atoms with Crippen molar-refractivity contribution in [3.05, 3.63) is 24.2 Å². The first-order valence-corrected chi connectivity index (χ1v) is 5.61.